The molecule has 0 fully saturated rings. The number of carbonyl (C=O) groups excluding carboxylic acids is 1. The molecule has 0 amide bonds. The fourth-order valence-electron chi connectivity index (χ4n) is 2.56. The van der Waals surface area contributed by atoms with Crippen LogP contribution in [0.4, 0.5) is 0 Å². The smallest absolute Gasteiger partial charge is 0.345 e. The molecule has 4 aromatic rings. The number of carbonyl (C=O) groups is 1. The van der Waals surface area contributed by atoms with E-state index in [9.17, 15) is 4.79 Å². The minimum Gasteiger partial charge on any atom is -0.380 e. The molecule has 0 aliphatic rings. The molecular weight excluding hydrogens is 378 g/mol. The van der Waals surface area contributed by atoms with E-state index in [4.69, 9.17) is 10.6 Å². The molecule has 1 heterocycles. The molecule has 1 aromatic heterocycles. The molecule has 134 valence electrons. The monoisotopic (exact) mass is 393 g/mol. The van der Waals surface area contributed by atoms with Crippen molar-refractivity contribution >= 4 is 55.9 Å². The number of rotatable bonds is 5. The van der Waals surface area contributed by atoms with E-state index in [0.717, 1.165) is 25.3 Å². The summed E-state index contributed by atoms with van der Waals surface area (Å²) in [6.07, 6.45) is 0. The van der Waals surface area contributed by atoms with Crippen molar-refractivity contribution in [3.8, 4) is 0 Å². The van der Waals surface area contributed by atoms with Gasteiger partial charge in [-0.05, 0) is 29.0 Å². The summed E-state index contributed by atoms with van der Waals surface area (Å²) in [7, 11) is 0. The standard InChI is InChI=1S/C20H15N3O2S2/c21-19(15-10-9-13-5-1-2-6-14(13)11-15)23-25-18(24)12-26-20-22-16-7-3-4-8-17(16)27-20/h1-11H,12H2,(H2,21,23). The van der Waals surface area contributed by atoms with E-state index in [1.807, 2.05) is 66.7 Å². The van der Waals surface area contributed by atoms with Crippen LogP contribution in [-0.4, -0.2) is 22.5 Å². The minimum atomic E-state index is -0.469. The Morgan fingerprint density at radius 2 is 1.85 bits per heavy atom. The van der Waals surface area contributed by atoms with Crippen LogP contribution < -0.4 is 5.73 Å². The molecule has 0 saturated carbocycles. The lowest BCUT2D eigenvalue weighted by Gasteiger charge is -2.03. The van der Waals surface area contributed by atoms with E-state index in [2.05, 4.69) is 10.1 Å². The molecule has 0 saturated heterocycles. The number of nitrogens with two attached hydrogens (primary N) is 1. The molecule has 7 heteroatoms. The van der Waals surface area contributed by atoms with Crippen molar-refractivity contribution in [1.82, 2.24) is 4.98 Å². The summed E-state index contributed by atoms with van der Waals surface area (Å²) in [6, 6.07) is 21.5. The summed E-state index contributed by atoms with van der Waals surface area (Å²) in [6.45, 7) is 0. The van der Waals surface area contributed by atoms with Crippen LogP contribution in [0.2, 0.25) is 0 Å². The summed E-state index contributed by atoms with van der Waals surface area (Å²) in [5, 5.41) is 5.93. The Kier molecular flexibility index (Phi) is 5.04. The van der Waals surface area contributed by atoms with Crippen molar-refractivity contribution < 1.29 is 9.63 Å². The van der Waals surface area contributed by atoms with Crippen molar-refractivity contribution in [2.24, 2.45) is 10.9 Å². The molecule has 0 radical (unpaired) electrons. The number of aromatic nitrogens is 1. The van der Waals surface area contributed by atoms with Crippen molar-refractivity contribution in [2.45, 2.75) is 4.34 Å². The number of thiazole rings is 1. The maximum absolute atomic E-state index is 12.0. The second-order valence-electron chi connectivity index (χ2n) is 5.74. The van der Waals surface area contributed by atoms with Crippen LogP contribution in [0.15, 0.2) is 76.2 Å². The fraction of sp³-hybridized carbons (Fsp3) is 0.0500. The first-order valence-electron chi connectivity index (χ1n) is 8.20. The Balaban J connectivity index is 1.38. The largest absolute Gasteiger partial charge is 0.380 e. The lowest BCUT2D eigenvalue weighted by Crippen LogP contribution is -2.15. The molecule has 0 spiro atoms. The molecule has 27 heavy (non-hydrogen) atoms. The van der Waals surface area contributed by atoms with Crippen molar-refractivity contribution in [3.63, 3.8) is 0 Å². The number of nitrogens with zero attached hydrogens (tertiary/aromatic N) is 2. The fourth-order valence-corrected chi connectivity index (χ4v) is 4.40. The van der Waals surface area contributed by atoms with E-state index < -0.39 is 5.97 Å². The predicted octanol–water partition coefficient (Wildman–Crippen LogP) is 4.41. The Morgan fingerprint density at radius 3 is 2.70 bits per heavy atom. The van der Waals surface area contributed by atoms with Gasteiger partial charge >= 0.3 is 5.97 Å². The van der Waals surface area contributed by atoms with Crippen molar-refractivity contribution in [3.05, 3.63) is 72.3 Å². The van der Waals surface area contributed by atoms with Gasteiger partial charge in [0, 0.05) is 5.56 Å². The van der Waals surface area contributed by atoms with Crippen LogP contribution in [0.5, 0.6) is 0 Å². The molecule has 0 atom stereocenters. The quantitative estimate of drug-likeness (QED) is 0.179. The number of amidine groups is 1. The Bertz CT molecular complexity index is 1120. The van der Waals surface area contributed by atoms with Gasteiger partial charge in [0.05, 0.1) is 10.2 Å². The number of para-hydroxylation sites is 1. The zero-order valence-electron chi connectivity index (χ0n) is 14.2. The maximum Gasteiger partial charge on any atom is 0.345 e. The van der Waals surface area contributed by atoms with Crippen LogP contribution >= 0.6 is 23.1 Å². The van der Waals surface area contributed by atoms with Crippen LogP contribution in [0, 0.1) is 0 Å². The zero-order valence-corrected chi connectivity index (χ0v) is 15.8. The molecule has 0 aliphatic heterocycles. The molecule has 0 unspecified atom stereocenters. The summed E-state index contributed by atoms with van der Waals surface area (Å²) in [4.78, 5) is 21.4. The summed E-state index contributed by atoms with van der Waals surface area (Å²) >= 11 is 2.87. The lowest BCUT2D eigenvalue weighted by molar-refractivity contribution is -0.140. The number of thioether (sulfide) groups is 1. The third-order valence-electron chi connectivity index (χ3n) is 3.88. The van der Waals surface area contributed by atoms with Crippen LogP contribution in [-0.2, 0) is 9.63 Å². The predicted molar refractivity (Wildman–Crippen MR) is 111 cm³/mol. The average molecular weight is 393 g/mol. The Morgan fingerprint density at radius 1 is 1.07 bits per heavy atom. The van der Waals surface area contributed by atoms with Crippen molar-refractivity contribution in [2.75, 3.05) is 5.75 Å². The van der Waals surface area contributed by atoms with Gasteiger partial charge in [0.15, 0.2) is 10.2 Å². The highest BCUT2D eigenvalue weighted by Gasteiger charge is 2.09. The van der Waals surface area contributed by atoms with E-state index in [0.29, 0.717) is 5.56 Å². The van der Waals surface area contributed by atoms with Crippen LogP contribution in [0.1, 0.15) is 5.56 Å². The third kappa shape index (κ3) is 4.10. The average Bonchev–Trinajstić information content (AvgIpc) is 3.13. The van der Waals surface area contributed by atoms with Gasteiger partial charge in [-0.3, -0.25) is 0 Å². The van der Waals surface area contributed by atoms with Gasteiger partial charge in [-0.2, -0.15) is 0 Å². The van der Waals surface area contributed by atoms with Gasteiger partial charge in [-0.25, -0.2) is 9.78 Å². The van der Waals surface area contributed by atoms with Gasteiger partial charge in [0.25, 0.3) is 0 Å². The van der Waals surface area contributed by atoms with Crippen molar-refractivity contribution in [1.29, 1.82) is 0 Å². The number of hydrogen-bond donors (Lipinski definition) is 1. The number of fused-ring (bicyclic) bond motifs is 2. The summed E-state index contributed by atoms with van der Waals surface area (Å²) in [5.41, 5.74) is 7.58. The molecule has 3 aromatic carbocycles. The minimum absolute atomic E-state index is 0.119. The lowest BCUT2D eigenvalue weighted by atomic mass is 10.1. The summed E-state index contributed by atoms with van der Waals surface area (Å²) in [5.74, 6) is -0.184. The Hall–Kier alpha value is -2.90. The first kappa shape index (κ1) is 17.5. The zero-order chi connectivity index (χ0) is 18.6. The first-order chi connectivity index (χ1) is 13.2. The van der Waals surface area contributed by atoms with E-state index in [-0.39, 0.29) is 11.6 Å². The Labute approximate surface area is 163 Å². The SMILES string of the molecule is N/C(=N\OC(=O)CSc1nc2ccccc2s1)c1ccc2ccccc2c1. The van der Waals surface area contributed by atoms with Gasteiger partial charge in [0.1, 0.15) is 5.75 Å². The molecule has 5 nitrogen and oxygen atoms in total. The van der Waals surface area contributed by atoms with Crippen LogP contribution in [0.3, 0.4) is 0 Å². The highest BCUT2D eigenvalue weighted by Crippen LogP contribution is 2.29. The van der Waals surface area contributed by atoms with Gasteiger partial charge in [0.2, 0.25) is 0 Å². The van der Waals surface area contributed by atoms with Gasteiger partial charge < -0.3 is 10.6 Å². The molecule has 0 aliphatic carbocycles. The molecular formula is C20H15N3O2S2. The topological polar surface area (TPSA) is 77.6 Å². The van der Waals surface area contributed by atoms with E-state index in [1.54, 1.807) is 11.3 Å². The first-order valence-corrected chi connectivity index (χ1v) is 10.00. The number of benzene rings is 3. The normalized spacial score (nSPS) is 11.8. The highest BCUT2D eigenvalue weighted by molar-refractivity contribution is 8.01. The highest BCUT2D eigenvalue weighted by atomic mass is 32.2. The van der Waals surface area contributed by atoms with Gasteiger partial charge in [-0.15, -0.1) is 11.3 Å². The number of hydrogen-bond acceptors (Lipinski definition) is 6. The number of oxime groups is 1. The summed E-state index contributed by atoms with van der Waals surface area (Å²) < 4.78 is 1.91. The molecule has 0 bridgehead atoms. The van der Waals surface area contributed by atoms with Crippen LogP contribution in [0.25, 0.3) is 21.0 Å². The maximum atomic E-state index is 12.0. The molecule has 4 rings (SSSR count). The van der Waals surface area contributed by atoms with E-state index >= 15 is 0 Å². The van der Waals surface area contributed by atoms with Gasteiger partial charge in [-0.1, -0.05) is 65.4 Å². The second-order valence-corrected chi connectivity index (χ2v) is 7.99. The second kappa shape index (κ2) is 7.77. The van der Waals surface area contributed by atoms with E-state index in [1.165, 1.54) is 11.8 Å². The molecule has 2 N–H and O–H groups in total. The third-order valence-corrected chi connectivity index (χ3v) is 6.03.